The summed E-state index contributed by atoms with van der Waals surface area (Å²) >= 11 is 0. The summed E-state index contributed by atoms with van der Waals surface area (Å²) in [5.41, 5.74) is 2.78. The number of rotatable bonds is 4. The quantitative estimate of drug-likeness (QED) is 0.776. The first-order valence-electron chi connectivity index (χ1n) is 7.11. The van der Waals surface area contributed by atoms with Gasteiger partial charge < -0.3 is 9.72 Å². The summed E-state index contributed by atoms with van der Waals surface area (Å²) in [6.07, 6.45) is -0.616. The number of nitrogens with zero attached hydrogens (tertiary/aromatic N) is 1. The van der Waals surface area contributed by atoms with Crippen LogP contribution in [0.25, 0.3) is 11.0 Å². The molecule has 2 N–H and O–H groups in total. The highest BCUT2D eigenvalue weighted by atomic mass is 16.5. The minimum atomic E-state index is -0.616. The standard InChI is InChI=1S/C17H17N3O2/c1-11-6-5-7-13(10-11)22-12(2)16(21)20-17-18-14-8-3-4-9-15(14)19-17/h3-10,12H,1-2H3,(H2,18,19,20,21)/t12-/m0/s1. The lowest BCUT2D eigenvalue weighted by Gasteiger charge is -2.14. The van der Waals surface area contributed by atoms with Crippen LogP contribution in [-0.4, -0.2) is 22.0 Å². The van der Waals surface area contributed by atoms with E-state index < -0.39 is 6.10 Å². The third-order valence-corrected chi connectivity index (χ3v) is 3.30. The van der Waals surface area contributed by atoms with Gasteiger partial charge >= 0.3 is 0 Å². The fourth-order valence-corrected chi connectivity index (χ4v) is 2.18. The Bertz CT molecular complexity index is 777. The Balaban J connectivity index is 1.68. The lowest BCUT2D eigenvalue weighted by Crippen LogP contribution is -2.30. The van der Waals surface area contributed by atoms with Crippen molar-refractivity contribution in [2.45, 2.75) is 20.0 Å². The molecule has 1 amide bonds. The van der Waals surface area contributed by atoms with Crippen LogP contribution in [-0.2, 0) is 4.79 Å². The number of fused-ring (bicyclic) bond motifs is 1. The number of amides is 1. The summed E-state index contributed by atoms with van der Waals surface area (Å²) in [4.78, 5) is 19.6. The second kappa shape index (κ2) is 5.89. The number of aryl methyl sites for hydroxylation is 1. The van der Waals surface area contributed by atoms with Gasteiger partial charge in [-0.25, -0.2) is 4.98 Å². The van der Waals surface area contributed by atoms with Crippen LogP contribution >= 0.6 is 0 Å². The van der Waals surface area contributed by atoms with Crippen LogP contribution < -0.4 is 10.1 Å². The summed E-state index contributed by atoms with van der Waals surface area (Å²) in [6, 6.07) is 15.2. The highest BCUT2D eigenvalue weighted by Crippen LogP contribution is 2.16. The molecule has 5 nitrogen and oxygen atoms in total. The molecule has 1 aromatic heterocycles. The summed E-state index contributed by atoms with van der Waals surface area (Å²) in [5, 5.41) is 2.74. The molecule has 112 valence electrons. The van der Waals surface area contributed by atoms with E-state index in [1.54, 1.807) is 6.92 Å². The Labute approximate surface area is 128 Å². The maximum Gasteiger partial charge on any atom is 0.267 e. The number of nitrogens with one attached hydrogen (secondary N) is 2. The Hall–Kier alpha value is -2.82. The van der Waals surface area contributed by atoms with Crippen LogP contribution in [0.3, 0.4) is 0 Å². The molecule has 0 saturated carbocycles. The summed E-state index contributed by atoms with van der Waals surface area (Å²) in [5.74, 6) is 0.846. The van der Waals surface area contributed by atoms with Gasteiger partial charge in [0.25, 0.3) is 5.91 Å². The normalized spacial score (nSPS) is 12.1. The average molecular weight is 295 g/mol. The number of hydrogen-bond donors (Lipinski definition) is 2. The molecule has 0 bridgehead atoms. The maximum absolute atomic E-state index is 12.2. The molecule has 0 spiro atoms. The van der Waals surface area contributed by atoms with Gasteiger partial charge in [-0.1, -0.05) is 24.3 Å². The molecule has 3 aromatic rings. The fraction of sp³-hybridized carbons (Fsp3) is 0.176. The van der Waals surface area contributed by atoms with Crippen molar-refractivity contribution in [2.24, 2.45) is 0 Å². The van der Waals surface area contributed by atoms with Gasteiger partial charge in [-0.3, -0.25) is 10.1 Å². The average Bonchev–Trinajstić information content (AvgIpc) is 2.89. The zero-order valence-electron chi connectivity index (χ0n) is 12.5. The van der Waals surface area contributed by atoms with Crippen LogP contribution in [0.2, 0.25) is 0 Å². The number of anilines is 1. The molecule has 0 aliphatic carbocycles. The van der Waals surface area contributed by atoms with E-state index in [1.165, 1.54) is 0 Å². The van der Waals surface area contributed by atoms with Crippen molar-refractivity contribution in [2.75, 3.05) is 5.32 Å². The van der Waals surface area contributed by atoms with Crippen LogP contribution in [0.1, 0.15) is 12.5 Å². The first kappa shape index (κ1) is 14.1. The molecule has 1 atom stereocenters. The van der Waals surface area contributed by atoms with Crippen LogP contribution in [0.15, 0.2) is 48.5 Å². The van der Waals surface area contributed by atoms with Crippen molar-refractivity contribution >= 4 is 22.9 Å². The highest BCUT2D eigenvalue weighted by molar-refractivity contribution is 5.94. The van der Waals surface area contributed by atoms with Gasteiger partial charge in [0.05, 0.1) is 11.0 Å². The lowest BCUT2D eigenvalue weighted by atomic mass is 10.2. The number of imidazole rings is 1. The van der Waals surface area contributed by atoms with Crippen LogP contribution in [0.5, 0.6) is 5.75 Å². The second-order valence-electron chi connectivity index (χ2n) is 5.17. The van der Waals surface area contributed by atoms with Gasteiger partial charge in [-0.15, -0.1) is 0 Å². The second-order valence-corrected chi connectivity index (χ2v) is 5.17. The van der Waals surface area contributed by atoms with E-state index in [0.29, 0.717) is 11.7 Å². The molecular weight excluding hydrogens is 278 g/mol. The molecule has 0 aliphatic rings. The molecule has 0 fully saturated rings. The molecule has 1 heterocycles. The van der Waals surface area contributed by atoms with Crippen LogP contribution in [0.4, 0.5) is 5.95 Å². The van der Waals surface area contributed by atoms with E-state index in [1.807, 2.05) is 55.5 Å². The molecule has 3 rings (SSSR count). The number of para-hydroxylation sites is 2. The van der Waals surface area contributed by atoms with Crippen molar-refractivity contribution in [1.82, 2.24) is 9.97 Å². The van der Waals surface area contributed by atoms with E-state index in [9.17, 15) is 4.79 Å². The van der Waals surface area contributed by atoms with Crippen molar-refractivity contribution in [3.63, 3.8) is 0 Å². The smallest absolute Gasteiger partial charge is 0.267 e. The van der Waals surface area contributed by atoms with Crippen molar-refractivity contribution in [3.8, 4) is 5.75 Å². The Kier molecular flexibility index (Phi) is 3.78. The van der Waals surface area contributed by atoms with Crippen LogP contribution in [0, 0.1) is 6.92 Å². The van der Waals surface area contributed by atoms with Crippen molar-refractivity contribution in [3.05, 3.63) is 54.1 Å². The number of carbonyl (C=O) groups is 1. The van der Waals surface area contributed by atoms with Gasteiger partial charge in [0.1, 0.15) is 5.75 Å². The minimum Gasteiger partial charge on any atom is -0.481 e. The number of benzene rings is 2. The molecule has 22 heavy (non-hydrogen) atoms. The Morgan fingerprint density at radius 2 is 2.05 bits per heavy atom. The van der Waals surface area contributed by atoms with E-state index in [-0.39, 0.29) is 5.91 Å². The Morgan fingerprint density at radius 1 is 1.23 bits per heavy atom. The molecule has 5 heteroatoms. The van der Waals surface area contributed by atoms with Gasteiger partial charge in [0.15, 0.2) is 6.10 Å². The van der Waals surface area contributed by atoms with Crippen molar-refractivity contribution in [1.29, 1.82) is 0 Å². The molecule has 0 saturated heterocycles. The van der Waals surface area contributed by atoms with Gasteiger partial charge in [0.2, 0.25) is 5.95 Å². The lowest BCUT2D eigenvalue weighted by molar-refractivity contribution is -0.122. The predicted octanol–water partition coefficient (Wildman–Crippen LogP) is 3.28. The summed E-state index contributed by atoms with van der Waals surface area (Å²) in [7, 11) is 0. The zero-order valence-corrected chi connectivity index (χ0v) is 12.5. The maximum atomic E-state index is 12.2. The third-order valence-electron chi connectivity index (χ3n) is 3.30. The number of aromatic nitrogens is 2. The number of ether oxygens (including phenoxy) is 1. The topological polar surface area (TPSA) is 67.0 Å². The Morgan fingerprint density at radius 3 is 2.82 bits per heavy atom. The number of hydrogen-bond acceptors (Lipinski definition) is 3. The van der Waals surface area contributed by atoms with E-state index in [0.717, 1.165) is 16.6 Å². The monoisotopic (exact) mass is 295 g/mol. The summed E-state index contributed by atoms with van der Waals surface area (Å²) in [6.45, 7) is 3.69. The van der Waals surface area contributed by atoms with E-state index in [4.69, 9.17) is 4.74 Å². The minimum absolute atomic E-state index is 0.249. The van der Waals surface area contributed by atoms with Gasteiger partial charge in [-0.2, -0.15) is 0 Å². The third kappa shape index (κ3) is 3.09. The predicted molar refractivity (Wildman–Crippen MR) is 86.0 cm³/mol. The number of aromatic amines is 1. The number of carbonyl (C=O) groups excluding carboxylic acids is 1. The van der Waals surface area contributed by atoms with Gasteiger partial charge in [-0.05, 0) is 43.7 Å². The van der Waals surface area contributed by atoms with Gasteiger partial charge in [0, 0.05) is 0 Å². The first-order valence-corrected chi connectivity index (χ1v) is 7.11. The molecule has 2 aromatic carbocycles. The molecular formula is C17H17N3O2. The SMILES string of the molecule is Cc1cccc(O[C@@H](C)C(=O)Nc2nc3ccccc3[nH]2)c1. The zero-order chi connectivity index (χ0) is 15.5. The number of H-pyrrole nitrogens is 1. The van der Waals surface area contributed by atoms with E-state index >= 15 is 0 Å². The first-order chi connectivity index (χ1) is 10.6. The highest BCUT2D eigenvalue weighted by Gasteiger charge is 2.16. The van der Waals surface area contributed by atoms with E-state index in [2.05, 4.69) is 15.3 Å². The molecule has 0 aliphatic heterocycles. The van der Waals surface area contributed by atoms with Crippen molar-refractivity contribution < 1.29 is 9.53 Å². The molecule has 0 unspecified atom stereocenters. The largest absolute Gasteiger partial charge is 0.481 e. The fourth-order valence-electron chi connectivity index (χ4n) is 2.18. The molecule has 0 radical (unpaired) electrons. The summed E-state index contributed by atoms with van der Waals surface area (Å²) < 4.78 is 5.65.